The lowest BCUT2D eigenvalue weighted by Crippen LogP contribution is -2.34. The van der Waals surface area contributed by atoms with Gasteiger partial charge in [0.1, 0.15) is 12.4 Å². The van der Waals surface area contributed by atoms with Gasteiger partial charge in [-0.3, -0.25) is 4.79 Å². The Kier molecular flexibility index (Phi) is 3.81. The molecule has 2 heterocycles. The molecular formula is C16H18N2O3. The third-order valence-electron chi connectivity index (χ3n) is 3.39. The van der Waals surface area contributed by atoms with E-state index in [4.69, 9.17) is 9.15 Å². The van der Waals surface area contributed by atoms with Crippen molar-refractivity contribution in [3.05, 3.63) is 47.9 Å². The summed E-state index contributed by atoms with van der Waals surface area (Å²) >= 11 is 0. The fraction of sp³-hybridized carbons (Fsp3) is 0.312. The summed E-state index contributed by atoms with van der Waals surface area (Å²) in [6.07, 6.45) is 2.30. The monoisotopic (exact) mass is 286 g/mol. The molecule has 5 nitrogen and oxygen atoms in total. The van der Waals surface area contributed by atoms with Gasteiger partial charge < -0.3 is 19.8 Å². The second-order valence-electron chi connectivity index (χ2n) is 5.12. The SMILES string of the molecule is CC(Cc1ccco1)NC(=O)c1cccc2c1OCCN2. The van der Waals surface area contributed by atoms with Gasteiger partial charge in [0.2, 0.25) is 0 Å². The van der Waals surface area contributed by atoms with Crippen LogP contribution < -0.4 is 15.4 Å². The molecule has 3 rings (SSSR count). The van der Waals surface area contributed by atoms with E-state index in [0.717, 1.165) is 18.0 Å². The van der Waals surface area contributed by atoms with Crippen molar-refractivity contribution < 1.29 is 13.9 Å². The van der Waals surface area contributed by atoms with Crippen LogP contribution in [0.4, 0.5) is 5.69 Å². The Morgan fingerprint density at radius 3 is 3.10 bits per heavy atom. The Hall–Kier alpha value is -2.43. The third-order valence-corrected chi connectivity index (χ3v) is 3.39. The fourth-order valence-corrected chi connectivity index (χ4v) is 2.43. The van der Waals surface area contributed by atoms with Crippen LogP contribution in [0.2, 0.25) is 0 Å². The second-order valence-corrected chi connectivity index (χ2v) is 5.12. The highest BCUT2D eigenvalue weighted by atomic mass is 16.5. The van der Waals surface area contributed by atoms with Crippen molar-refractivity contribution in [1.29, 1.82) is 0 Å². The van der Waals surface area contributed by atoms with Crippen LogP contribution in [0.5, 0.6) is 5.75 Å². The molecular weight excluding hydrogens is 268 g/mol. The maximum absolute atomic E-state index is 12.4. The number of amides is 1. The number of hydrogen-bond acceptors (Lipinski definition) is 4. The molecule has 0 saturated heterocycles. The quantitative estimate of drug-likeness (QED) is 0.906. The van der Waals surface area contributed by atoms with E-state index in [-0.39, 0.29) is 11.9 Å². The van der Waals surface area contributed by atoms with Crippen LogP contribution in [0, 0.1) is 0 Å². The Morgan fingerprint density at radius 1 is 1.38 bits per heavy atom. The summed E-state index contributed by atoms with van der Waals surface area (Å²) in [5.41, 5.74) is 1.43. The second kappa shape index (κ2) is 5.91. The minimum atomic E-state index is -0.130. The molecule has 1 aliphatic heterocycles. The standard InChI is InChI=1S/C16H18N2O3/c1-11(10-12-4-3-8-20-12)18-16(19)13-5-2-6-14-15(13)21-9-7-17-14/h2-6,8,11,17H,7,9-10H2,1H3,(H,18,19). The number of carbonyl (C=O) groups is 1. The summed E-state index contributed by atoms with van der Waals surface area (Å²) in [6, 6.07) is 9.28. The highest BCUT2D eigenvalue weighted by molar-refractivity contribution is 5.99. The summed E-state index contributed by atoms with van der Waals surface area (Å²) in [5.74, 6) is 1.36. The first-order valence-corrected chi connectivity index (χ1v) is 7.07. The van der Waals surface area contributed by atoms with E-state index < -0.39 is 0 Å². The number of carbonyl (C=O) groups excluding carboxylic acids is 1. The Bertz CT molecular complexity index is 622. The first kappa shape index (κ1) is 13.5. The van der Waals surface area contributed by atoms with Crippen molar-refractivity contribution in [2.24, 2.45) is 0 Å². The summed E-state index contributed by atoms with van der Waals surface area (Å²) < 4.78 is 10.9. The van der Waals surface area contributed by atoms with Crippen LogP contribution in [0.1, 0.15) is 23.0 Å². The molecule has 0 bridgehead atoms. The molecule has 5 heteroatoms. The maximum atomic E-state index is 12.4. The van der Waals surface area contributed by atoms with Gasteiger partial charge in [0.25, 0.3) is 5.91 Å². The molecule has 1 atom stereocenters. The highest BCUT2D eigenvalue weighted by Crippen LogP contribution is 2.31. The molecule has 0 aliphatic carbocycles. The average molecular weight is 286 g/mol. The van der Waals surface area contributed by atoms with Gasteiger partial charge in [-0.1, -0.05) is 6.07 Å². The molecule has 0 saturated carbocycles. The largest absolute Gasteiger partial charge is 0.489 e. The summed E-state index contributed by atoms with van der Waals surface area (Å²) in [4.78, 5) is 12.4. The van der Waals surface area contributed by atoms with Crippen LogP contribution >= 0.6 is 0 Å². The van der Waals surface area contributed by atoms with Crippen molar-refractivity contribution in [3.63, 3.8) is 0 Å². The molecule has 1 aromatic heterocycles. The van der Waals surface area contributed by atoms with E-state index in [1.165, 1.54) is 0 Å². The number of rotatable bonds is 4. The van der Waals surface area contributed by atoms with E-state index in [9.17, 15) is 4.79 Å². The van der Waals surface area contributed by atoms with Gasteiger partial charge in [-0.25, -0.2) is 0 Å². The van der Waals surface area contributed by atoms with Crippen LogP contribution in [0.3, 0.4) is 0 Å². The van der Waals surface area contributed by atoms with Crippen LogP contribution in [0.15, 0.2) is 41.0 Å². The lowest BCUT2D eigenvalue weighted by Gasteiger charge is -2.22. The number of para-hydroxylation sites is 1. The van der Waals surface area contributed by atoms with Crippen molar-refractivity contribution in [3.8, 4) is 5.75 Å². The van der Waals surface area contributed by atoms with Crippen LogP contribution in [-0.4, -0.2) is 25.1 Å². The number of anilines is 1. The summed E-state index contributed by atoms with van der Waals surface area (Å²) in [5, 5.41) is 6.21. The molecule has 21 heavy (non-hydrogen) atoms. The molecule has 1 aliphatic rings. The van der Waals surface area contributed by atoms with E-state index in [1.54, 1.807) is 12.3 Å². The molecule has 2 aromatic rings. The predicted octanol–water partition coefficient (Wildman–Crippen LogP) is 2.44. The van der Waals surface area contributed by atoms with Gasteiger partial charge in [-0.05, 0) is 31.2 Å². The zero-order chi connectivity index (χ0) is 14.7. The molecule has 0 spiro atoms. The van der Waals surface area contributed by atoms with E-state index in [0.29, 0.717) is 24.3 Å². The first-order chi connectivity index (χ1) is 10.2. The van der Waals surface area contributed by atoms with Crippen molar-refractivity contribution >= 4 is 11.6 Å². The van der Waals surface area contributed by atoms with Gasteiger partial charge in [-0.2, -0.15) is 0 Å². The normalized spacial score (nSPS) is 14.5. The van der Waals surface area contributed by atoms with Gasteiger partial charge in [0.15, 0.2) is 5.75 Å². The van der Waals surface area contributed by atoms with Crippen molar-refractivity contribution in [1.82, 2.24) is 5.32 Å². The molecule has 0 fully saturated rings. The van der Waals surface area contributed by atoms with Gasteiger partial charge >= 0.3 is 0 Å². The van der Waals surface area contributed by atoms with E-state index in [2.05, 4.69) is 10.6 Å². The lowest BCUT2D eigenvalue weighted by molar-refractivity contribution is 0.0935. The van der Waals surface area contributed by atoms with Gasteiger partial charge in [0, 0.05) is 19.0 Å². The van der Waals surface area contributed by atoms with Gasteiger partial charge in [-0.15, -0.1) is 0 Å². The molecule has 110 valence electrons. The third kappa shape index (κ3) is 3.02. The number of fused-ring (bicyclic) bond motifs is 1. The fourth-order valence-electron chi connectivity index (χ4n) is 2.43. The molecule has 2 N–H and O–H groups in total. The Balaban J connectivity index is 1.70. The molecule has 1 amide bonds. The Morgan fingerprint density at radius 2 is 2.29 bits per heavy atom. The van der Waals surface area contributed by atoms with Crippen molar-refractivity contribution in [2.75, 3.05) is 18.5 Å². The topological polar surface area (TPSA) is 63.5 Å². The zero-order valence-corrected chi connectivity index (χ0v) is 11.9. The number of hydrogen-bond donors (Lipinski definition) is 2. The smallest absolute Gasteiger partial charge is 0.255 e. The first-order valence-electron chi connectivity index (χ1n) is 7.07. The number of nitrogens with one attached hydrogen (secondary N) is 2. The van der Waals surface area contributed by atoms with Gasteiger partial charge in [0.05, 0.1) is 17.5 Å². The number of benzene rings is 1. The Labute approximate surface area is 123 Å². The summed E-state index contributed by atoms with van der Waals surface area (Å²) in [7, 11) is 0. The predicted molar refractivity (Wildman–Crippen MR) is 79.8 cm³/mol. The molecule has 1 unspecified atom stereocenters. The van der Waals surface area contributed by atoms with E-state index >= 15 is 0 Å². The average Bonchev–Trinajstić information content (AvgIpc) is 2.99. The minimum absolute atomic E-state index is 0.0175. The lowest BCUT2D eigenvalue weighted by atomic mass is 10.1. The van der Waals surface area contributed by atoms with E-state index in [1.807, 2.05) is 31.2 Å². The van der Waals surface area contributed by atoms with Crippen LogP contribution in [0.25, 0.3) is 0 Å². The number of furan rings is 1. The van der Waals surface area contributed by atoms with Crippen LogP contribution in [-0.2, 0) is 6.42 Å². The minimum Gasteiger partial charge on any atom is -0.489 e. The summed E-state index contributed by atoms with van der Waals surface area (Å²) in [6.45, 7) is 3.28. The number of ether oxygens (including phenoxy) is 1. The zero-order valence-electron chi connectivity index (χ0n) is 11.9. The van der Waals surface area contributed by atoms with Crippen molar-refractivity contribution in [2.45, 2.75) is 19.4 Å². The highest BCUT2D eigenvalue weighted by Gasteiger charge is 2.20. The maximum Gasteiger partial charge on any atom is 0.255 e. The molecule has 0 radical (unpaired) electrons. The molecule has 1 aromatic carbocycles.